The van der Waals surface area contributed by atoms with Crippen LogP contribution in [0.4, 0.5) is 0 Å². The fourth-order valence-electron chi connectivity index (χ4n) is 0.209. The van der Waals surface area contributed by atoms with Gasteiger partial charge in [-0.2, -0.15) is 8.42 Å². The van der Waals surface area contributed by atoms with Crippen molar-refractivity contribution in [3.8, 4) is 0 Å². The van der Waals surface area contributed by atoms with Crippen LogP contribution in [0.1, 0.15) is 12.8 Å². The van der Waals surface area contributed by atoms with Crippen molar-refractivity contribution in [3.63, 3.8) is 0 Å². The summed E-state index contributed by atoms with van der Waals surface area (Å²) in [6.07, 6.45) is -0.766. The molecule has 0 spiro atoms. The molecule has 3 N–H and O–H groups in total. The predicted octanol–water partition coefficient (Wildman–Crippen LogP) is -5.05. The van der Waals surface area contributed by atoms with Crippen LogP contribution < -0.4 is 34.7 Å². The standard InChI is InChI=1S/C4H6O4.Na.H2O4S/c5-3(6)1-2-4(7)8;;1-5(2,3)4/h1-2H2,(H,5,6)(H,7,8);;(H2,1,2,3,4)/q;+1;/p-1. The third-order valence-electron chi connectivity index (χ3n) is 0.543. The minimum Gasteiger partial charge on any atom is -0.550 e. The third kappa shape index (κ3) is 59.7. The number of carboxylic acids is 2. The first-order chi connectivity index (χ1) is 5.63. The molecule has 0 aliphatic carbocycles. The maximum atomic E-state index is 9.61. The van der Waals surface area contributed by atoms with Gasteiger partial charge in [0.25, 0.3) is 0 Å². The topological polar surface area (TPSA) is 152 Å². The molecule has 14 heavy (non-hydrogen) atoms. The molecule has 0 aromatic rings. The number of carboxylic acid groups (broad SMARTS) is 2. The summed E-state index contributed by atoms with van der Waals surface area (Å²) < 4.78 is 31.6. The Labute approximate surface area is 102 Å². The van der Waals surface area contributed by atoms with Crippen LogP contribution >= 0.6 is 0 Å². The fraction of sp³-hybridized carbons (Fsp3) is 0.500. The molecule has 0 aliphatic rings. The molecule has 0 aliphatic heterocycles. The van der Waals surface area contributed by atoms with E-state index in [0.29, 0.717) is 0 Å². The average molecular weight is 238 g/mol. The molecular weight excluding hydrogens is 231 g/mol. The van der Waals surface area contributed by atoms with Crippen LogP contribution in [0.3, 0.4) is 0 Å². The van der Waals surface area contributed by atoms with Crippen molar-refractivity contribution in [2.24, 2.45) is 0 Å². The summed E-state index contributed by atoms with van der Waals surface area (Å²) in [5.74, 6) is -2.44. The zero-order valence-electron chi connectivity index (χ0n) is 7.21. The summed E-state index contributed by atoms with van der Waals surface area (Å²) in [5, 5.41) is 17.4. The number of rotatable bonds is 3. The molecule has 8 nitrogen and oxygen atoms in total. The van der Waals surface area contributed by atoms with Gasteiger partial charge in [-0.25, -0.2) is 0 Å². The number of hydrogen-bond acceptors (Lipinski definition) is 5. The van der Waals surface area contributed by atoms with Gasteiger partial charge in [0.1, 0.15) is 0 Å². The maximum Gasteiger partial charge on any atom is 1.00 e. The second kappa shape index (κ2) is 9.37. The minimum atomic E-state index is -4.67. The predicted molar refractivity (Wildman–Crippen MR) is 36.1 cm³/mol. The quantitative estimate of drug-likeness (QED) is 0.326. The first kappa shape index (κ1) is 19.4. The smallest absolute Gasteiger partial charge is 0.550 e. The summed E-state index contributed by atoms with van der Waals surface area (Å²) in [6.45, 7) is 0. The second-order valence-corrected chi connectivity index (χ2v) is 2.61. The van der Waals surface area contributed by atoms with E-state index in [2.05, 4.69) is 0 Å². The molecule has 0 amide bonds. The van der Waals surface area contributed by atoms with Gasteiger partial charge in [-0.3, -0.25) is 13.9 Å². The van der Waals surface area contributed by atoms with Crippen molar-refractivity contribution < 1.29 is 66.9 Å². The van der Waals surface area contributed by atoms with E-state index < -0.39 is 28.8 Å². The first-order valence-electron chi connectivity index (χ1n) is 2.74. The van der Waals surface area contributed by atoms with Gasteiger partial charge in [0, 0.05) is 5.97 Å². The van der Waals surface area contributed by atoms with Crippen LogP contribution in [-0.2, 0) is 20.0 Å². The summed E-state index contributed by atoms with van der Waals surface area (Å²) >= 11 is 0. The molecule has 0 aromatic carbocycles. The van der Waals surface area contributed by atoms with Crippen LogP contribution in [0, 0.1) is 0 Å². The molecule has 10 heteroatoms. The molecule has 0 fully saturated rings. The Morgan fingerprint density at radius 3 is 1.50 bits per heavy atom. The maximum absolute atomic E-state index is 9.61. The number of carbonyl (C=O) groups is 2. The van der Waals surface area contributed by atoms with Gasteiger partial charge in [0.15, 0.2) is 0 Å². The van der Waals surface area contributed by atoms with Crippen LogP contribution in [0.25, 0.3) is 0 Å². The molecule has 0 bridgehead atoms. The zero-order chi connectivity index (χ0) is 11.1. The van der Waals surface area contributed by atoms with Crippen molar-refractivity contribution in [1.29, 1.82) is 0 Å². The third-order valence-corrected chi connectivity index (χ3v) is 0.543. The van der Waals surface area contributed by atoms with Crippen molar-refractivity contribution >= 4 is 22.3 Å². The van der Waals surface area contributed by atoms with E-state index >= 15 is 0 Å². The van der Waals surface area contributed by atoms with Gasteiger partial charge in [-0.1, -0.05) is 0 Å². The molecule has 78 valence electrons. The van der Waals surface area contributed by atoms with E-state index in [9.17, 15) is 14.7 Å². The second-order valence-electron chi connectivity index (χ2n) is 1.71. The van der Waals surface area contributed by atoms with E-state index in [0.717, 1.165) is 0 Å². The van der Waals surface area contributed by atoms with Gasteiger partial charge in [-0.15, -0.1) is 0 Å². The van der Waals surface area contributed by atoms with E-state index in [1.54, 1.807) is 0 Å². The molecule has 0 rings (SSSR count). The Morgan fingerprint density at radius 2 is 1.43 bits per heavy atom. The largest absolute Gasteiger partial charge is 1.00 e. The van der Waals surface area contributed by atoms with Crippen molar-refractivity contribution in [2.45, 2.75) is 12.8 Å². The van der Waals surface area contributed by atoms with E-state index in [1.807, 2.05) is 0 Å². The van der Waals surface area contributed by atoms with Crippen molar-refractivity contribution in [3.05, 3.63) is 0 Å². The van der Waals surface area contributed by atoms with Crippen LogP contribution in [0.15, 0.2) is 0 Å². The number of hydrogen-bond donors (Lipinski definition) is 3. The average Bonchev–Trinajstić information content (AvgIpc) is 1.79. The van der Waals surface area contributed by atoms with E-state index in [-0.39, 0.29) is 36.0 Å². The summed E-state index contributed by atoms with van der Waals surface area (Å²) in [7, 11) is -4.67. The van der Waals surface area contributed by atoms with Gasteiger partial charge in [0.05, 0.1) is 6.42 Å². The van der Waals surface area contributed by atoms with Gasteiger partial charge >= 0.3 is 45.9 Å². The molecule has 0 atom stereocenters. The Hall–Kier alpha value is -0.190. The summed E-state index contributed by atoms with van der Waals surface area (Å²) in [4.78, 5) is 19.1. The fourth-order valence-corrected chi connectivity index (χ4v) is 0.209. The SMILES string of the molecule is O=C([O-])CCC(=O)O.O=S(=O)(O)O.[Na+]. The Balaban J connectivity index is -0.000000177. The van der Waals surface area contributed by atoms with E-state index in [4.69, 9.17) is 22.6 Å². The number of aliphatic carboxylic acids is 2. The van der Waals surface area contributed by atoms with Crippen molar-refractivity contribution in [2.75, 3.05) is 0 Å². The Kier molecular flexibility index (Phi) is 13.0. The molecular formula is C4H7NaO8S. The summed E-state index contributed by atoms with van der Waals surface area (Å²) in [6, 6.07) is 0. The molecule has 0 heterocycles. The zero-order valence-corrected chi connectivity index (χ0v) is 10.0. The Bertz CT molecular complexity index is 247. The molecule has 0 unspecified atom stereocenters. The summed E-state index contributed by atoms with van der Waals surface area (Å²) in [5.41, 5.74) is 0. The van der Waals surface area contributed by atoms with Gasteiger partial charge in [0.2, 0.25) is 0 Å². The van der Waals surface area contributed by atoms with Gasteiger partial charge in [-0.05, 0) is 6.42 Å². The Morgan fingerprint density at radius 1 is 1.14 bits per heavy atom. The van der Waals surface area contributed by atoms with E-state index in [1.165, 1.54) is 0 Å². The molecule has 0 radical (unpaired) electrons. The normalized spacial score (nSPS) is 9.00. The van der Waals surface area contributed by atoms with Gasteiger partial charge < -0.3 is 15.0 Å². The minimum absolute atomic E-state index is 0. The van der Waals surface area contributed by atoms with Crippen LogP contribution in [0.5, 0.6) is 0 Å². The number of carbonyl (C=O) groups excluding carboxylic acids is 1. The molecule has 0 saturated carbocycles. The van der Waals surface area contributed by atoms with Crippen LogP contribution in [0.2, 0.25) is 0 Å². The van der Waals surface area contributed by atoms with Crippen molar-refractivity contribution in [1.82, 2.24) is 0 Å². The molecule has 0 aromatic heterocycles. The molecule has 0 saturated heterocycles. The first-order valence-corrected chi connectivity index (χ1v) is 4.14. The monoisotopic (exact) mass is 238 g/mol. The van der Waals surface area contributed by atoms with Crippen LogP contribution in [-0.4, -0.2) is 34.6 Å².